The predicted molar refractivity (Wildman–Crippen MR) is 88.3 cm³/mol. The zero-order valence-corrected chi connectivity index (χ0v) is 13.9. The Labute approximate surface area is 132 Å². The van der Waals surface area contributed by atoms with E-state index in [0.29, 0.717) is 13.0 Å². The average Bonchev–Trinajstić information content (AvgIpc) is 2.45. The van der Waals surface area contributed by atoms with Crippen molar-refractivity contribution < 1.29 is 4.79 Å². The average molecular weight is 312 g/mol. The lowest BCUT2D eigenvalue weighted by Gasteiger charge is -2.29. The third kappa shape index (κ3) is 5.65. The van der Waals surface area contributed by atoms with E-state index in [0.717, 1.165) is 30.2 Å². The number of nitrogens with zero attached hydrogens (tertiary/aromatic N) is 2. The largest absolute Gasteiger partial charge is 0.343 e. The molecule has 0 aliphatic heterocycles. The van der Waals surface area contributed by atoms with Crippen molar-refractivity contribution in [3.63, 3.8) is 0 Å². The molecule has 0 saturated heterocycles. The number of carbonyl (C=O) groups excluding carboxylic acids is 1. The number of likely N-dealkylation sites (N-methyl/N-ethyl adjacent to an activating group) is 1. The first-order chi connectivity index (χ1) is 10.0. The van der Waals surface area contributed by atoms with Crippen LogP contribution in [-0.2, 0) is 11.3 Å². The fourth-order valence-corrected chi connectivity index (χ4v) is 2.59. The summed E-state index contributed by atoms with van der Waals surface area (Å²) in [6.45, 7) is 6.66. The Bertz CT molecular complexity index is 449. The summed E-state index contributed by atoms with van der Waals surface area (Å²) >= 11 is 6.00. The molecule has 1 unspecified atom stereocenters. The molecule has 1 atom stereocenters. The quantitative estimate of drug-likeness (QED) is 0.802. The second-order valence-corrected chi connectivity index (χ2v) is 5.64. The molecule has 0 aromatic heterocycles. The standard InChI is InChI=1S/C16H26ClN3O/c1-4-20(5-2)16(21)10-15(11-18)19(3)12-13-7-6-8-14(17)9-13/h6-9,15H,4-5,10-12,18H2,1-3H3. The van der Waals surface area contributed by atoms with Crippen molar-refractivity contribution in [3.05, 3.63) is 34.9 Å². The van der Waals surface area contributed by atoms with Crippen LogP contribution in [-0.4, -0.2) is 48.4 Å². The number of benzene rings is 1. The molecule has 0 aliphatic carbocycles. The minimum Gasteiger partial charge on any atom is -0.343 e. The maximum Gasteiger partial charge on any atom is 0.224 e. The van der Waals surface area contributed by atoms with Crippen LogP contribution in [0.3, 0.4) is 0 Å². The van der Waals surface area contributed by atoms with Crippen molar-refractivity contribution in [3.8, 4) is 0 Å². The van der Waals surface area contributed by atoms with Gasteiger partial charge in [0, 0.05) is 43.7 Å². The summed E-state index contributed by atoms with van der Waals surface area (Å²) in [6.07, 6.45) is 0.454. The maximum absolute atomic E-state index is 12.2. The molecule has 1 amide bonds. The number of hydrogen-bond donors (Lipinski definition) is 1. The van der Waals surface area contributed by atoms with Crippen molar-refractivity contribution in [1.82, 2.24) is 9.80 Å². The molecule has 1 rings (SSSR count). The number of nitrogens with two attached hydrogens (primary N) is 1. The van der Waals surface area contributed by atoms with E-state index in [1.807, 2.05) is 50.1 Å². The van der Waals surface area contributed by atoms with E-state index in [1.165, 1.54) is 0 Å². The third-order valence-corrected chi connectivity index (χ3v) is 3.98. The first kappa shape index (κ1) is 18.0. The van der Waals surface area contributed by atoms with Gasteiger partial charge in [-0.05, 0) is 38.6 Å². The number of rotatable bonds is 8. The van der Waals surface area contributed by atoms with Gasteiger partial charge in [0.2, 0.25) is 5.91 Å². The van der Waals surface area contributed by atoms with Gasteiger partial charge < -0.3 is 10.6 Å². The molecule has 1 aromatic rings. The van der Waals surface area contributed by atoms with Gasteiger partial charge in [-0.3, -0.25) is 9.69 Å². The van der Waals surface area contributed by atoms with E-state index in [2.05, 4.69) is 4.90 Å². The summed E-state index contributed by atoms with van der Waals surface area (Å²) < 4.78 is 0. The third-order valence-electron chi connectivity index (χ3n) is 3.74. The van der Waals surface area contributed by atoms with Gasteiger partial charge in [-0.2, -0.15) is 0 Å². The van der Waals surface area contributed by atoms with Crippen LogP contribution >= 0.6 is 11.6 Å². The summed E-state index contributed by atoms with van der Waals surface area (Å²) in [5, 5.41) is 0.726. The lowest BCUT2D eigenvalue weighted by atomic mass is 10.1. The Morgan fingerprint density at radius 2 is 2.00 bits per heavy atom. The van der Waals surface area contributed by atoms with Gasteiger partial charge in [0.05, 0.1) is 0 Å². The smallest absolute Gasteiger partial charge is 0.224 e. The molecule has 21 heavy (non-hydrogen) atoms. The molecule has 0 heterocycles. The first-order valence-corrected chi connectivity index (χ1v) is 7.82. The molecule has 0 saturated carbocycles. The molecule has 0 spiro atoms. The highest BCUT2D eigenvalue weighted by Crippen LogP contribution is 2.14. The highest BCUT2D eigenvalue weighted by molar-refractivity contribution is 6.30. The second kappa shape index (κ2) is 9.03. The van der Waals surface area contributed by atoms with Crippen LogP contribution in [0.5, 0.6) is 0 Å². The summed E-state index contributed by atoms with van der Waals surface area (Å²) in [5.41, 5.74) is 6.97. The van der Waals surface area contributed by atoms with Gasteiger partial charge in [0.25, 0.3) is 0 Å². The molecular weight excluding hydrogens is 286 g/mol. The normalized spacial score (nSPS) is 12.5. The molecule has 0 bridgehead atoms. The van der Waals surface area contributed by atoms with Crippen LogP contribution < -0.4 is 5.73 Å². The molecule has 118 valence electrons. The zero-order chi connectivity index (χ0) is 15.8. The Kier molecular flexibility index (Phi) is 7.72. The number of halogens is 1. The van der Waals surface area contributed by atoms with Crippen LogP contribution in [0.2, 0.25) is 5.02 Å². The van der Waals surface area contributed by atoms with Crippen molar-refractivity contribution in [1.29, 1.82) is 0 Å². The van der Waals surface area contributed by atoms with E-state index in [9.17, 15) is 4.79 Å². The van der Waals surface area contributed by atoms with Gasteiger partial charge >= 0.3 is 0 Å². The van der Waals surface area contributed by atoms with Crippen LogP contribution in [0.25, 0.3) is 0 Å². The number of amides is 1. The minimum absolute atomic E-state index is 0.0390. The maximum atomic E-state index is 12.2. The van der Waals surface area contributed by atoms with Crippen LogP contribution in [0, 0.1) is 0 Å². The van der Waals surface area contributed by atoms with E-state index >= 15 is 0 Å². The number of carbonyl (C=O) groups is 1. The lowest BCUT2D eigenvalue weighted by Crippen LogP contribution is -2.42. The zero-order valence-electron chi connectivity index (χ0n) is 13.2. The van der Waals surface area contributed by atoms with Crippen molar-refractivity contribution >= 4 is 17.5 Å². The van der Waals surface area contributed by atoms with Crippen LogP contribution in [0.15, 0.2) is 24.3 Å². The van der Waals surface area contributed by atoms with E-state index in [-0.39, 0.29) is 11.9 Å². The van der Waals surface area contributed by atoms with Crippen molar-refractivity contribution in [2.75, 3.05) is 26.7 Å². The number of hydrogen-bond acceptors (Lipinski definition) is 3. The molecule has 1 aromatic carbocycles. The fraction of sp³-hybridized carbons (Fsp3) is 0.562. The predicted octanol–water partition coefficient (Wildman–Crippen LogP) is 2.36. The Morgan fingerprint density at radius 3 is 2.52 bits per heavy atom. The molecule has 5 heteroatoms. The SMILES string of the molecule is CCN(CC)C(=O)CC(CN)N(C)Cc1cccc(Cl)c1. The highest BCUT2D eigenvalue weighted by atomic mass is 35.5. The van der Waals surface area contributed by atoms with Crippen molar-refractivity contribution in [2.45, 2.75) is 32.9 Å². The Hall–Kier alpha value is -1.10. The summed E-state index contributed by atoms with van der Waals surface area (Å²) in [7, 11) is 1.99. The molecule has 4 nitrogen and oxygen atoms in total. The second-order valence-electron chi connectivity index (χ2n) is 5.20. The van der Waals surface area contributed by atoms with Gasteiger partial charge in [-0.1, -0.05) is 23.7 Å². The molecule has 0 fully saturated rings. The summed E-state index contributed by atoms with van der Waals surface area (Å²) in [4.78, 5) is 16.2. The Balaban J connectivity index is 2.64. The molecule has 0 aliphatic rings. The monoisotopic (exact) mass is 311 g/mol. The summed E-state index contributed by atoms with van der Waals surface area (Å²) in [6, 6.07) is 7.80. The van der Waals surface area contributed by atoms with Crippen LogP contribution in [0.1, 0.15) is 25.8 Å². The molecular formula is C16H26ClN3O. The van der Waals surface area contributed by atoms with Crippen LogP contribution in [0.4, 0.5) is 0 Å². The van der Waals surface area contributed by atoms with Gasteiger partial charge in [0.15, 0.2) is 0 Å². The van der Waals surface area contributed by atoms with E-state index in [1.54, 1.807) is 0 Å². The van der Waals surface area contributed by atoms with Gasteiger partial charge in [-0.25, -0.2) is 0 Å². The summed E-state index contributed by atoms with van der Waals surface area (Å²) in [5.74, 6) is 0.161. The van der Waals surface area contributed by atoms with Crippen molar-refractivity contribution in [2.24, 2.45) is 5.73 Å². The molecule has 0 radical (unpaired) electrons. The molecule has 2 N–H and O–H groups in total. The van der Waals surface area contributed by atoms with Gasteiger partial charge in [0.1, 0.15) is 0 Å². The van der Waals surface area contributed by atoms with E-state index < -0.39 is 0 Å². The first-order valence-electron chi connectivity index (χ1n) is 7.44. The highest BCUT2D eigenvalue weighted by Gasteiger charge is 2.20. The minimum atomic E-state index is 0.0390. The van der Waals surface area contributed by atoms with E-state index in [4.69, 9.17) is 17.3 Å². The Morgan fingerprint density at radius 1 is 1.33 bits per heavy atom. The lowest BCUT2D eigenvalue weighted by molar-refractivity contribution is -0.132. The van der Waals surface area contributed by atoms with Gasteiger partial charge in [-0.15, -0.1) is 0 Å². The fourth-order valence-electron chi connectivity index (χ4n) is 2.38. The topological polar surface area (TPSA) is 49.6 Å².